The minimum Gasteiger partial charge on any atom is -0.478 e. The number of likely N-dealkylation sites (tertiary alicyclic amines) is 1. The zero-order valence-corrected chi connectivity index (χ0v) is 15.7. The normalized spacial score (nSPS) is 17.0. The van der Waals surface area contributed by atoms with Crippen LogP contribution >= 0.6 is 11.6 Å². The lowest BCUT2D eigenvalue weighted by molar-refractivity contribution is -0.146. The molecule has 1 aliphatic rings. The number of nitriles is 1. The number of halogens is 1. The molecule has 0 radical (unpaired) electrons. The molecule has 2 aromatic rings. The molecule has 1 heterocycles. The number of hydrogen-bond acceptors (Lipinski definition) is 3. The highest BCUT2D eigenvalue weighted by molar-refractivity contribution is 6.30. The zero-order chi connectivity index (χ0) is 18.7. The van der Waals surface area contributed by atoms with Crippen LogP contribution < -0.4 is 4.74 Å². The van der Waals surface area contributed by atoms with Crippen LogP contribution in [0.25, 0.3) is 0 Å². The van der Waals surface area contributed by atoms with Crippen molar-refractivity contribution in [1.29, 1.82) is 5.26 Å². The number of carbonyl (C=O) groups is 1. The summed E-state index contributed by atoms with van der Waals surface area (Å²) in [5.41, 5.74) is 0.654. The van der Waals surface area contributed by atoms with Gasteiger partial charge in [-0.25, -0.2) is 0 Å². The summed E-state index contributed by atoms with van der Waals surface area (Å²) in [7, 11) is 0. The van der Waals surface area contributed by atoms with Crippen LogP contribution in [0.1, 0.15) is 43.9 Å². The van der Waals surface area contributed by atoms with E-state index in [9.17, 15) is 4.79 Å². The van der Waals surface area contributed by atoms with Crippen molar-refractivity contribution in [2.75, 3.05) is 6.54 Å². The summed E-state index contributed by atoms with van der Waals surface area (Å²) in [6, 6.07) is 16.6. The van der Waals surface area contributed by atoms with Crippen molar-refractivity contribution >= 4 is 17.5 Å². The van der Waals surface area contributed by atoms with Crippen LogP contribution in [0.15, 0.2) is 48.5 Å². The van der Waals surface area contributed by atoms with E-state index in [2.05, 4.69) is 6.07 Å². The third-order valence-electron chi connectivity index (χ3n) is 4.64. The van der Waals surface area contributed by atoms with E-state index in [0.717, 1.165) is 18.4 Å². The fourth-order valence-corrected chi connectivity index (χ4v) is 3.45. The molecule has 0 N–H and O–H groups in total. The summed E-state index contributed by atoms with van der Waals surface area (Å²) in [6.07, 6.45) is 1.90. The molecular weight excluding hydrogens is 348 g/mol. The van der Waals surface area contributed by atoms with E-state index in [1.807, 2.05) is 29.2 Å². The first-order chi connectivity index (χ1) is 12.4. The molecule has 1 saturated heterocycles. The molecule has 0 aromatic heterocycles. The molecule has 1 atom stereocenters. The Morgan fingerprint density at radius 1 is 1.19 bits per heavy atom. The van der Waals surface area contributed by atoms with Crippen LogP contribution in [-0.4, -0.2) is 23.0 Å². The van der Waals surface area contributed by atoms with Crippen molar-refractivity contribution in [3.8, 4) is 11.8 Å². The summed E-state index contributed by atoms with van der Waals surface area (Å²) in [6.45, 7) is 4.28. The van der Waals surface area contributed by atoms with Crippen molar-refractivity contribution in [2.45, 2.75) is 38.3 Å². The summed E-state index contributed by atoms with van der Waals surface area (Å²) in [5.74, 6) is 0.531. The van der Waals surface area contributed by atoms with E-state index in [1.165, 1.54) is 0 Å². The van der Waals surface area contributed by atoms with Gasteiger partial charge in [0, 0.05) is 11.6 Å². The first kappa shape index (κ1) is 18.3. The highest BCUT2D eigenvalue weighted by atomic mass is 35.5. The molecular formula is C21H21ClN2O2. The van der Waals surface area contributed by atoms with Crippen LogP contribution in [0.4, 0.5) is 0 Å². The Labute approximate surface area is 158 Å². The monoisotopic (exact) mass is 368 g/mol. The number of nitrogens with zero attached hydrogens (tertiary/aromatic N) is 2. The Morgan fingerprint density at radius 2 is 1.85 bits per heavy atom. The number of rotatable bonds is 4. The van der Waals surface area contributed by atoms with E-state index in [-0.39, 0.29) is 11.9 Å². The van der Waals surface area contributed by atoms with Crippen molar-refractivity contribution < 1.29 is 9.53 Å². The summed E-state index contributed by atoms with van der Waals surface area (Å²) in [4.78, 5) is 15.1. The maximum atomic E-state index is 13.2. The van der Waals surface area contributed by atoms with Gasteiger partial charge in [0.25, 0.3) is 5.91 Å². The number of ether oxygens (including phenoxy) is 1. The Kier molecular flexibility index (Phi) is 5.20. The van der Waals surface area contributed by atoms with E-state index in [1.54, 1.807) is 38.1 Å². The van der Waals surface area contributed by atoms with Crippen molar-refractivity contribution in [1.82, 2.24) is 4.90 Å². The molecule has 2 aromatic carbocycles. The van der Waals surface area contributed by atoms with Crippen LogP contribution in [0.5, 0.6) is 5.75 Å². The Hall–Kier alpha value is -2.51. The lowest BCUT2D eigenvalue weighted by Gasteiger charge is -2.33. The molecule has 5 heteroatoms. The highest BCUT2D eigenvalue weighted by Gasteiger charge is 2.40. The molecule has 1 aliphatic heterocycles. The van der Waals surface area contributed by atoms with Gasteiger partial charge >= 0.3 is 0 Å². The van der Waals surface area contributed by atoms with Crippen LogP contribution in [0.3, 0.4) is 0 Å². The van der Waals surface area contributed by atoms with Gasteiger partial charge in [0.05, 0.1) is 17.7 Å². The molecule has 1 unspecified atom stereocenters. The lowest BCUT2D eigenvalue weighted by atomic mass is 10.0. The van der Waals surface area contributed by atoms with Gasteiger partial charge in [0.1, 0.15) is 5.75 Å². The van der Waals surface area contributed by atoms with E-state index in [0.29, 0.717) is 22.9 Å². The second kappa shape index (κ2) is 7.39. The SMILES string of the molecule is CC(C)(Oc1ccc(C#N)cc1)C(=O)N1CCCC1c1ccc(Cl)cc1. The quantitative estimate of drug-likeness (QED) is 0.783. The Morgan fingerprint density at radius 3 is 2.46 bits per heavy atom. The average molecular weight is 369 g/mol. The van der Waals surface area contributed by atoms with Gasteiger partial charge in [-0.3, -0.25) is 4.79 Å². The van der Waals surface area contributed by atoms with Gasteiger partial charge in [-0.1, -0.05) is 23.7 Å². The summed E-state index contributed by atoms with van der Waals surface area (Å²) < 4.78 is 5.96. The zero-order valence-electron chi connectivity index (χ0n) is 14.9. The van der Waals surface area contributed by atoms with E-state index >= 15 is 0 Å². The van der Waals surface area contributed by atoms with Gasteiger partial charge in [-0.2, -0.15) is 5.26 Å². The smallest absolute Gasteiger partial charge is 0.266 e. The third-order valence-corrected chi connectivity index (χ3v) is 4.89. The maximum Gasteiger partial charge on any atom is 0.266 e. The standard InChI is InChI=1S/C21H21ClN2O2/c1-21(2,26-18-11-5-15(14-23)6-12-18)20(25)24-13-3-4-19(24)16-7-9-17(22)10-8-16/h5-12,19H,3-4,13H2,1-2H3. The summed E-state index contributed by atoms with van der Waals surface area (Å²) in [5, 5.41) is 9.58. The fraction of sp³-hybridized carbons (Fsp3) is 0.333. The highest BCUT2D eigenvalue weighted by Crippen LogP contribution is 2.35. The molecule has 0 bridgehead atoms. The molecule has 26 heavy (non-hydrogen) atoms. The fourth-order valence-electron chi connectivity index (χ4n) is 3.32. The first-order valence-electron chi connectivity index (χ1n) is 8.66. The van der Waals surface area contributed by atoms with E-state index in [4.69, 9.17) is 21.6 Å². The molecule has 1 fully saturated rings. The Balaban J connectivity index is 1.77. The van der Waals surface area contributed by atoms with Crippen LogP contribution in [-0.2, 0) is 4.79 Å². The molecule has 4 nitrogen and oxygen atoms in total. The maximum absolute atomic E-state index is 13.2. The van der Waals surface area contributed by atoms with Gasteiger partial charge in [-0.05, 0) is 68.7 Å². The lowest BCUT2D eigenvalue weighted by Crippen LogP contribution is -2.48. The van der Waals surface area contributed by atoms with Gasteiger partial charge in [0.2, 0.25) is 0 Å². The second-order valence-corrected chi connectivity index (χ2v) is 7.39. The van der Waals surface area contributed by atoms with Crippen molar-refractivity contribution in [3.05, 3.63) is 64.7 Å². The van der Waals surface area contributed by atoms with Crippen molar-refractivity contribution in [3.63, 3.8) is 0 Å². The predicted octanol–water partition coefficient (Wildman–Crippen LogP) is 4.73. The van der Waals surface area contributed by atoms with Gasteiger partial charge < -0.3 is 9.64 Å². The molecule has 0 saturated carbocycles. The second-order valence-electron chi connectivity index (χ2n) is 6.96. The largest absolute Gasteiger partial charge is 0.478 e. The number of hydrogen-bond donors (Lipinski definition) is 0. The molecule has 3 rings (SSSR count). The summed E-state index contributed by atoms with van der Waals surface area (Å²) >= 11 is 5.98. The number of amides is 1. The molecule has 0 spiro atoms. The molecule has 134 valence electrons. The Bertz CT molecular complexity index is 823. The van der Waals surface area contributed by atoms with Gasteiger partial charge in [0.15, 0.2) is 5.60 Å². The molecule has 0 aliphatic carbocycles. The van der Waals surface area contributed by atoms with Crippen LogP contribution in [0.2, 0.25) is 5.02 Å². The van der Waals surface area contributed by atoms with E-state index < -0.39 is 5.60 Å². The third kappa shape index (κ3) is 3.84. The minimum atomic E-state index is -0.997. The average Bonchev–Trinajstić information content (AvgIpc) is 3.11. The van der Waals surface area contributed by atoms with Crippen molar-refractivity contribution in [2.24, 2.45) is 0 Å². The van der Waals surface area contributed by atoms with Gasteiger partial charge in [-0.15, -0.1) is 0 Å². The predicted molar refractivity (Wildman–Crippen MR) is 101 cm³/mol. The molecule has 1 amide bonds. The number of carbonyl (C=O) groups excluding carboxylic acids is 1. The first-order valence-corrected chi connectivity index (χ1v) is 9.04. The minimum absolute atomic E-state index is 0.0423. The topological polar surface area (TPSA) is 53.3 Å². The van der Waals surface area contributed by atoms with Crippen LogP contribution in [0, 0.1) is 11.3 Å². The number of benzene rings is 2.